The first-order valence-electron chi connectivity index (χ1n) is 5.38. The minimum atomic E-state index is -0.633. The molecular formula is C13H9ClN2O3. The summed E-state index contributed by atoms with van der Waals surface area (Å²) in [6.45, 7) is 0. The number of para-hydroxylation sites is 1. The van der Waals surface area contributed by atoms with Crippen LogP contribution in [0.5, 0.6) is 0 Å². The van der Waals surface area contributed by atoms with Crippen LogP contribution in [0.25, 0.3) is 0 Å². The molecule has 0 bridgehead atoms. The average molecular weight is 277 g/mol. The van der Waals surface area contributed by atoms with Crippen molar-refractivity contribution in [2.24, 2.45) is 0 Å². The maximum absolute atomic E-state index is 12.0. The van der Waals surface area contributed by atoms with E-state index in [0.717, 1.165) is 6.07 Å². The molecule has 19 heavy (non-hydrogen) atoms. The predicted molar refractivity (Wildman–Crippen MR) is 72.5 cm³/mol. The summed E-state index contributed by atoms with van der Waals surface area (Å²) < 4.78 is 0. The van der Waals surface area contributed by atoms with Crippen LogP contribution in [-0.2, 0) is 0 Å². The van der Waals surface area contributed by atoms with Crippen molar-refractivity contribution in [2.45, 2.75) is 0 Å². The summed E-state index contributed by atoms with van der Waals surface area (Å²) in [5.41, 5.74) is 0.218. The smallest absolute Gasteiger partial charge is 0.283 e. The number of carbonyl (C=O) groups excluding carboxylic acids is 1. The van der Waals surface area contributed by atoms with Gasteiger partial charge in [-0.05, 0) is 24.3 Å². The number of rotatable bonds is 3. The van der Waals surface area contributed by atoms with E-state index in [1.54, 1.807) is 30.3 Å². The van der Waals surface area contributed by atoms with Crippen molar-refractivity contribution < 1.29 is 9.72 Å². The Morgan fingerprint density at radius 3 is 2.47 bits per heavy atom. The lowest BCUT2D eigenvalue weighted by Gasteiger charge is -2.05. The minimum absolute atomic E-state index is 0.0294. The lowest BCUT2D eigenvalue weighted by Crippen LogP contribution is -2.13. The topological polar surface area (TPSA) is 72.2 Å². The summed E-state index contributed by atoms with van der Waals surface area (Å²) in [6, 6.07) is 12.6. The number of hydrogen-bond acceptors (Lipinski definition) is 3. The molecule has 0 unspecified atom stereocenters. The molecule has 0 radical (unpaired) electrons. The zero-order valence-corrected chi connectivity index (χ0v) is 10.4. The molecule has 0 atom stereocenters. The van der Waals surface area contributed by atoms with Crippen LogP contribution in [0, 0.1) is 10.1 Å². The highest BCUT2D eigenvalue weighted by Gasteiger charge is 2.20. The van der Waals surface area contributed by atoms with Crippen LogP contribution in [0.2, 0.25) is 5.02 Å². The molecule has 0 spiro atoms. The lowest BCUT2D eigenvalue weighted by molar-refractivity contribution is -0.385. The number of halogens is 1. The third kappa shape index (κ3) is 3.08. The Bertz CT molecular complexity index is 629. The first-order valence-corrected chi connectivity index (χ1v) is 5.76. The van der Waals surface area contributed by atoms with Gasteiger partial charge in [-0.2, -0.15) is 0 Å². The van der Waals surface area contributed by atoms with Crippen LogP contribution in [0.4, 0.5) is 11.4 Å². The minimum Gasteiger partial charge on any atom is -0.322 e. The number of amides is 1. The molecule has 0 aliphatic rings. The molecule has 0 heterocycles. The lowest BCUT2D eigenvalue weighted by atomic mass is 10.1. The van der Waals surface area contributed by atoms with Crippen molar-refractivity contribution >= 4 is 28.9 Å². The number of nitrogens with zero attached hydrogens (tertiary/aromatic N) is 1. The van der Waals surface area contributed by atoms with Crippen LogP contribution in [0.3, 0.4) is 0 Å². The fourth-order valence-electron chi connectivity index (χ4n) is 1.57. The van der Waals surface area contributed by atoms with Crippen LogP contribution in [0.1, 0.15) is 10.4 Å². The summed E-state index contributed by atoms with van der Waals surface area (Å²) in [5, 5.41) is 13.7. The van der Waals surface area contributed by atoms with Gasteiger partial charge in [-0.15, -0.1) is 0 Å². The first-order chi connectivity index (χ1) is 9.08. The van der Waals surface area contributed by atoms with Crippen LogP contribution in [-0.4, -0.2) is 10.8 Å². The molecule has 6 heteroatoms. The van der Waals surface area contributed by atoms with Gasteiger partial charge in [0.05, 0.1) is 4.92 Å². The van der Waals surface area contributed by atoms with E-state index < -0.39 is 10.8 Å². The summed E-state index contributed by atoms with van der Waals surface area (Å²) in [4.78, 5) is 22.3. The van der Waals surface area contributed by atoms with E-state index >= 15 is 0 Å². The molecule has 2 aromatic rings. The summed E-state index contributed by atoms with van der Waals surface area (Å²) in [5.74, 6) is -0.547. The molecule has 1 N–H and O–H groups in total. The quantitative estimate of drug-likeness (QED) is 0.689. The fraction of sp³-hybridized carbons (Fsp3) is 0. The highest BCUT2D eigenvalue weighted by molar-refractivity contribution is 6.31. The van der Waals surface area contributed by atoms with Gasteiger partial charge in [-0.25, -0.2) is 0 Å². The molecule has 0 saturated heterocycles. The number of nitrogens with one attached hydrogen (secondary N) is 1. The van der Waals surface area contributed by atoms with Crippen molar-refractivity contribution in [3.8, 4) is 0 Å². The SMILES string of the molecule is O=C(Nc1ccccc1)c1ccc(Cl)cc1[N+](=O)[O-]. The second kappa shape index (κ2) is 5.49. The Morgan fingerprint density at radius 2 is 1.84 bits per heavy atom. The Labute approximate surface area is 114 Å². The molecular weight excluding hydrogens is 268 g/mol. The Morgan fingerprint density at radius 1 is 1.16 bits per heavy atom. The zero-order chi connectivity index (χ0) is 13.8. The van der Waals surface area contributed by atoms with Gasteiger partial charge in [-0.1, -0.05) is 29.8 Å². The van der Waals surface area contributed by atoms with Gasteiger partial charge in [0.15, 0.2) is 0 Å². The van der Waals surface area contributed by atoms with Crippen LogP contribution >= 0.6 is 11.6 Å². The van der Waals surface area contributed by atoms with Gasteiger partial charge < -0.3 is 5.32 Å². The average Bonchev–Trinajstić information content (AvgIpc) is 2.39. The molecule has 0 aromatic heterocycles. The normalized spacial score (nSPS) is 9.95. The summed E-state index contributed by atoms with van der Waals surface area (Å²) in [7, 11) is 0. The van der Waals surface area contributed by atoms with Crippen LogP contribution in [0.15, 0.2) is 48.5 Å². The third-order valence-corrected chi connectivity index (χ3v) is 2.67. The molecule has 0 saturated carbocycles. The summed E-state index contributed by atoms with van der Waals surface area (Å²) in [6.07, 6.45) is 0. The Hall–Kier alpha value is -2.40. The summed E-state index contributed by atoms with van der Waals surface area (Å²) >= 11 is 5.69. The van der Waals surface area contributed by atoms with Gasteiger partial charge >= 0.3 is 0 Å². The third-order valence-electron chi connectivity index (χ3n) is 2.43. The largest absolute Gasteiger partial charge is 0.322 e. The van der Waals surface area contributed by atoms with Gasteiger partial charge in [-0.3, -0.25) is 14.9 Å². The number of anilines is 1. The predicted octanol–water partition coefficient (Wildman–Crippen LogP) is 3.50. The molecule has 2 rings (SSSR count). The van der Waals surface area contributed by atoms with E-state index in [2.05, 4.69) is 5.32 Å². The van der Waals surface area contributed by atoms with E-state index in [0.29, 0.717) is 5.69 Å². The van der Waals surface area contributed by atoms with E-state index in [-0.39, 0.29) is 16.3 Å². The van der Waals surface area contributed by atoms with E-state index in [1.807, 2.05) is 0 Å². The molecule has 0 aliphatic heterocycles. The number of nitro groups is 1. The maximum Gasteiger partial charge on any atom is 0.283 e. The fourth-order valence-corrected chi connectivity index (χ4v) is 1.73. The number of benzene rings is 2. The van der Waals surface area contributed by atoms with Gasteiger partial charge in [0, 0.05) is 16.8 Å². The molecule has 96 valence electrons. The van der Waals surface area contributed by atoms with E-state index in [4.69, 9.17) is 11.6 Å². The Kier molecular flexibility index (Phi) is 3.77. The highest BCUT2D eigenvalue weighted by Crippen LogP contribution is 2.24. The monoisotopic (exact) mass is 276 g/mol. The number of carbonyl (C=O) groups is 1. The molecule has 0 fully saturated rings. The first kappa shape index (κ1) is 13.0. The van der Waals surface area contributed by atoms with Crippen molar-refractivity contribution in [2.75, 3.05) is 5.32 Å². The standard InChI is InChI=1S/C13H9ClN2O3/c14-9-6-7-11(12(8-9)16(18)19)13(17)15-10-4-2-1-3-5-10/h1-8H,(H,15,17). The zero-order valence-electron chi connectivity index (χ0n) is 9.67. The molecule has 2 aromatic carbocycles. The number of hydrogen-bond donors (Lipinski definition) is 1. The highest BCUT2D eigenvalue weighted by atomic mass is 35.5. The van der Waals surface area contributed by atoms with Gasteiger partial charge in [0.2, 0.25) is 0 Å². The van der Waals surface area contributed by atoms with Gasteiger partial charge in [0.1, 0.15) is 5.56 Å². The molecule has 5 nitrogen and oxygen atoms in total. The van der Waals surface area contributed by atoms with Crippen molar-refractivity contribution in [1.82, 2.24) is 0 Å². The second-order valence-corrected chi connectivity index (χ2v) is 4.18. The van der Waals surface area contributed by atoms with E-state index in [9.17, 15) is 14.9 Å². The van der Waals surface area contributed by atoms with Crippen molar-refractivity contribution in [3.05, 3.63) is 69.2 Å². The maximum atomic E-state index is 12.0. The van der Waals surface area contributed by atoms with Crippen LogP contribution < -0.4 is 5.32 Å². The Balaban J connectivity index is 2.31. The molecule has 0 aliphatic carbocycles. The molecule has 1 amide bonds. The van der Waals surface area contributed by atoms with Gasteiger partial charge in [0.25, 0.3) is 11.6 Å². The van der Waals surface area contributed by atoms with E-state index in [1.165, 1.54) is 12.1 Å². The second-order valence-electron chi connectivity index (χ2n) is 3.74. The number of nitro benzene ring substituents is 1. The van der Waals surface area contributed by atoms with Crippen molar-refractivity contribution in [1.29, 1.82) is 0 Å². The van der Waals surface area contributed by atoms with Crippen molar-refractivity contribution in [3.63, 3.8) is 0 Å².